The van der Waals surface area contributed by atoms with Gasteiger partial charge >= 0.3 is 6.03 Å². The summed E-state index contributed by atoms with van der Waals surface area (Å²) in [5.74, 6) is -0.294. The highest BCUT2D eigenvalue weighted by Gasteiger charge is 2.52. The molecule has 1 saturated carbocycles. The second kappa shape index (κ2) is 8.59. The molecule has 1 aromatic rings. The Morgan fingerprint density at radius 2 is 2.03 bits per heavy atom. The molecule has 2 aliphatic rings. The van der Waals surface area contributed by atoms with E-state index in [-0.39, 0.29) is 43.3 Å². The highest BCUT2D eigenvalue weighted by Crippen LogP contribution is 2.35. The van der Waals surface area contributed by atoms with Crippen LogP contribution in [0.1, 0.15) is 44.1 Å². The molecule has 2 fully saturated rings. The van der Waals surface area contributed by atoms with E-state index in [1.165, 1.54) is 9.80 Å². The lowest BCUT2D eigenvalue weighted by molar-refractivity contribution is -0.134. The van der Waals surface area contributed by atoms with E-state index in [2.05, 4.69) is 15.6 Å². The van der Waals surface area contributed by atoms with E-state index in [0.29, 0.717) is 25.1 Å². The van der Waals surface area contributed by atoms with Crippen molar-refractivity contribution in [3.05, 3.63) is 23.9 Å². The van der Waals surface area contributed by atoms with Gasteiger partial charge < -0.3 is 15.5 Å². The number of imide groups is 1. The summed E-state index contributed by atoms with van der Waals surface area (Å²) in [5, 5.41) is 5.49. The molecule has 3 rings (SSSR count). The molecule has 9 heteroatoms. The van der Waals surface area contributed by atoms with Crippen LogP contribution in [0.4, 0.5) is 10.6 Å². The number of likely N-dealkylation sites (N-methyl/N-ethyl adjacent to an activating group) is 1. The van der Waals surface area contributed by atoms with Gasteiger partial charge in [-0.3, -0.25) is 19.3 Å². The summed E-state index contributed by atoms with van der Waals surface area (Å²) >= 11 is 0. The molecular weight excluding hydrogens is 374 g/mol. The van der Waals surface area contributed by atoms with Crippen LogP contribution in [0.2, 0.25) is 0 Å². The summed E-state index contributed by atoms with van der Waals surface area (Å²) in [6.07, 6.45) is 5.34. The van der Waals surface area contributed by atoms with Crippen LogP contribution in [0.5, 0.6) is 0 Å². The first-order valence-corrected chi connectivity index (χ1v) is 9.91. The third-order valence-electron chi connectivity index (χ3n) is 5.46. The predicted molar refractivity (Wildman–Crippen MR) is 106 cm³/mol. The van der Waals surface area contributed by atoms with Crippen molar-refractivity contribution in [2.45, 2.75) is 51.0 Å². The molecule has 1 aliphatic heterocycles. The van der Waals surface area contributed by atoms with Gasteiger partial charge in [-0.2, -0.15) is 0 Å². The summed E-state index contributed by atoms with van der Waals surface area (Å²) in [6, 6.07) is 3.20. The molecule has 156 valence electrons. The fourth-order valence-electron chi connectivity index (χ4n) is 3.87. The van der Waals surface area contributed by atoms with Crippen molar-refractivity contribution in [1.29, 1.82) is 0 Å². The quantitative estimate of drug-likeness (QED) is 0.672. The number of hydrogen-bond donors (Lipinski definition) is 2. The minimum absolute atomic E-state index is 0.0965. The molecule has 2 heterocycles. The highest BCUT2D eigenvalue weighted by atomic mass is 16.2. The zero-order chi connectivity index (χ0) is 21.0. The maximum atomic E-state index is 12.6. The molecule has 2 N–H and O–H groups in total. The van der Waals surface area contributed by atoms with Gasteiger partial charge in [0.2, 0.25) is 11.8 Å². The molecule has 1 aliphatic carbocycles. The first-order valence-electron chi connectivity index (χ1n) is 9.91. The second-order valence-corrected chi connectivity index (χ2v) is 7.80. The number of amides is 5. The smallest absolute Gasteiger partial charge is 0.325 e. The predicted octanol–water partition coefficient (Wildman–Crippen LogP) is 1.43. The van der Waals surface area contributed by atoms with Gasteiger partial charge in [-0.1, -0.05) is 12.8 Å². The summed E-state index contributed by atoms with van der Waals surface area (Å²) < 4.78 is 0. The lowest BCUT2D eigenvalue weighted by Gasteiger charge is -2.20. The van der Waals surface area contributed by atoms with E-state index >= 15 is 0 Å². The number of carbonyl (C=O) groups excluding carboxylic acids is 4. The van der Waals surface area contributed by atoms with Crippen LogP contribution < -0.4 is 10.6 Å². The highest BCUT2D eigenvalue weighted by molar-refractivity contribution is 6.07. The molecular formula is C20H27N5O4. The average molecular weight is 401 g/mol. The monoisotopic (exact) mass is 401 g/mol. The van der Waals surface area contributed by atoms with E-state index in [9.17, 15) is 19.2 Å². The maximum Gasteiger partial charge on any atom is 0.325 e. The Labute approximate surface area is 169 Å². The van der Waals surface area contributed by atoms with Crippen molar-refractivity contribution in [3.8, 4) is 0 Å². The topological polar surface area (TPSA) is 112 Å². The van der Waals surface area contributed by atoms with E-state index < -0.39 is 5.54 Å². The molecule has 0 radical (unpaired) electrons. The normalized spacial score (nSPS) is 17.5. The van der Waals surface area contributed by atoms with Crippen LogP contribution in [-0.2, 0) is 14.4 Å². The first kappa shape index (κ1) is 20.8. The minimum Gasteiger partial charge on any atom is -0.336 e. The largest absolute Gasteiger partial charge is 0.336 e. The Balaban J connectivity index is 1.42. The van der Waals surface area contributed by atoms with Crippen molar-refractivity contribution >= 4 is 29.6 Å². The molecule has 9 nitrogen and oxygen atoms in total. The van der Waals surface area contributed by atoms with Crippen molar-refractivity contribution in [1.82, 2.24) is 20.1 Å². The van der Waals surface area contributed by atoms with Crippen molar-refractivity contribution in [2.75, 3.05) is 25.5 Å². The lowest BCUT2D eigenvalue weighted by atomic mass is 9.98. The number of nitrogens with one attached hydrogen (secondary N) is 2. The molecule has 1 saturated heterocycles. The Morgan fingerprint density at radius 3 is 2.72 bits per heavy atom. The van der Waals surface area contributed by atoms with Crippen LogP contribution in [-0.4, -0.2) is 64.2 Å². The Kier molecular flexibility index (Phi) is 6.14. The van der Waals surface area contributed by atoms with Crippen LogP contribution >= 0.6 is 0 Å². The average Bonchev–Trinajstić information content (AvgIpc) is 3.21. The van der Waals surface area contributed by atoms with Crippen molar-refractivity contribution < 1.29 is 19.2 Å². The number of aromatic nitrogens is 1. The summed E-state index contributed by atoms with van der Waals surface area (Å²) in [5.41, 5.74) is 0.249. The van der Waals surface area contributed by atoms with E-state index in [4.69, 9.17) is 0 Å². The number of carbonyl (C=O) groups is 4. The number of rotatable bonds is 7. The second-order valence-electron chi connectivity index (χ2n) is 7.80. The van der Waals surface area contributed by atoms with Gasteiger partial charge in [0.15, 0.2) is 0 Å². The van der Waals surface area contributed by atoms with E-state index in [1.54, 1.807) is 19.3 Å². The maximum absolute atomic E-state index is 12.6. The Bertz CT molecular complexity index is 819. The first-order chi connectivity index (χ1) is 13.8. The van der Waals surface area contributed by atoms with Gasteiger partial charge in [-0.05, 0) is 43.9 Å². The van der Waals surface area contributed by atoms with Crippen LogP contribution in [0.25, 0.3) is 0 Å². The Morgan fingerprint density at radius 1 is 1.31 bits per heavy atom. The van der Waals surface area contributed by atoms with Crippen molar-refractivity contribution in [3.63, 3.8) is 0 Å². The van der Waals surface area contributed by atoms with E-state index in [1.807, 2.05) is 13.0 Å². The number of nitrogens with zero attached hydrogens (tertiary/aromatic N) is 3. The molecule has 5 amide bonds. The summed E-state index contributed by atoms with van der Waals surface area (Å²) in [4.78, 5) is 55.7. The zero-order valence-corrected chi connectivity index (χ0v) is 16.9. The molecule has 1 aromatic heterocycles. The molecule has 0 aromatic carbocycles. The lowest BCUT2D eigenvalue weighted by Crippen LogP contribution is -2.44. The third-order valence-corrected chi connectivity index (χ3v) is 5.46. The van der Waals surface area contributed by atoms with Gasteiger partial charge in [0, 0.05) is 26.2 Å². The van der Waals surface area contributed by atoms with E-state index in [0.717, 1.165) is 18.4 Å². The van der Waals surface area contributed by atoms with Crippen LogP contribution in [0.3, 0.4) is 0 Å². The molecule has 1 spiro atoms. The van der Waals surface area contributed by atoms with Gasteiger partial charge in [0.25, 0.3) is 5.91 Å². The number of urea groups is 1. The Hall–Kier alpha value is -2.97. The van der Waals surface area contributed by atoms with Gasteiger partial charge in [0.05, 0.1) is 6.54 Å². The van der Waals surface area contributed by atoms with Gasteiger partial charge in [0.1, 0.15) is 11.4 Å². The zero-order valence-electron chi connectivity index (χ0n) is 16.9. The van der Waals surface area contributed by atoms with Crippen LogP contribution in [0, 0.1) is 6.92 Å². The SMILES string of the molecule is Cc1ccnc(NC(=O)CN(C)C(=O)CCCN2C(=O)NC3(CCCC3)C2=O)c1. The van der Waals surface area contributed by atoms with Crippen molar-refractivity contribution in [2.24, 2.45) is 0 Å². The van der Waals surface area contributed by atoms with Gasteiger partial charge in [-0.15, -0.1) is 0 Å². The van der Waals surface area contributed by atoms with Gasteiger partial charge in [-0.25, -0.2) is 9.78 Å². The molecule has 0 atom stereocenters. The molecule has 29 heavy (non-hydrogen) atoms. The molecule has 0 bridgehead atoms. The fraction of sp³-hybridized carbons (Fsp3) is 0.550. The standard InChI is InChI=1S/C20H27N5O4/c1-14-7-10-21-15(12-14)22-16(26)13-24(2)17(27)6-5-11-25-18(28)20(23-19(25)29)8-3-4-9-20/h7,10,12H,3-6,8-9,11,13H2,1-2H3,(H,23,29)(H,21,22,26). The third kappa shape index (κ3) is 4.72. The van der Waals surface area contributed by atoms with Crippen LogP contribution in [0.15, 0.2) is 18.3 Å². The fourth-order valence-corrected chi connectivity index (χ4v) is 3.87. The number of anilines is 1. The number of pyridine rings is 1. The summed E-state index contributed by atoms with van der Waals surface area (Å²) in [6.45, 7) is 2.00. The summed E-state index contributed by atoms with van der Waals surface area (Å²) in [7, 11) is 1.55. The number of aryl methyl sites for hydroxylation is 1. The minimum atomic E-state index is -0.722. The molecule has 0 unspecified atom stereocenters. The number of hydrogen-bond acceptors (Lipinski definition) is 5.